The molecule has 6 heteroatoms. The van der Waals surface area contributed by atoms with Crippen molar-refractivity contribution in [3.8, 4) is 0 Å². The van der Waals surface area contributed by atoms with Gasteiger partial charge in [0.05, 0.1) is 12.6 Å². The average Bonchev–Trinajstić information content (AvgIpc) is 3.11. The second-order valence-electron chi connectivity index (χ2n) is 7.13. The zero-order valence-electron chi connectivity index (χ0n) is 16.3. The number of carbonyl (C=O) groups excluding carboxylic acids is 2. The van der Waals surface area contributed by atoms with Gasteiger partial charge in [-0.2, -0.15) is 0 Å². The van der Waals surface area contributed by atoms with Gasteiger partial charge in [-0.15, -0.1) is 0 Å². The smallest absolute Gasteiger partial charge is 0.375 e. The van der Waals surface area contributed by atoms with Crippen LogP contribution in [0.4, 0.5) is 0 Å². The number of fused-ring (bicyclic) bond motifs is 2. The number of carbonyl (C=O) groups is 2. The van der Waals surface area contributed by atoms with E-state index in [4.69, 9.17) is 13.9 Å². The van der Waals surface area contributed by atoms with Gasteiger partial charge in [-0.05, 0) is 36.5 Å². The molecule has 6 nitrogen and oxygen atoms in total. The molecule has 0 fully saturated rings. The van der Waals surface area contributed by atoms with E-state index < -0.39 is 5.97 Å². The number of benzene rings is 2. The molecule has 1 N–H and O–H groups in total. The maximum absolute atomic E-state index is 12.6. The van der Waals surface area contributed by atoms with Crippen molar-refractivity contribution >= 4 is 22.8 Å². The summed E-state index contributed by atoms with van der Waals surface area (Å²) < 4.78 is 16.1. The number of hydrogen-bond acceptors (Lipinski definition) is 5. The predicted molar refractivity (Wildman–Crippen MR) is 107 cm³/mol. The first-order valence-corrected chi connectivity index (χ1v) is 9.71. The molecule has 4 rings (SSSR count). The summed E-state index contributed by atoms with van der Waals surface area (Å²) in [6.45, 7) is -0.145. The molecule has 1 aromatic heterocycles. The molecule has 0 aliphatic heterocycles. The minimum Gasteiger partial charge on any atom is -0.450 e. The van der Waals surface area contributed by atoms with Crippen LogP contribution in [0.5, 0.6) is 0 Å². The van der Waals surface area contributed by atoms with Gasteiger partial charge in [0.2, 0.25) is 5.76 Å². The highest BCUT2D eigenvalue weighted by molar-refractivity contribution is 5.96. The molecule has 0 saturated heterocycles. The Morgan fingerprint density at radius 2 is 1.93 bits per heavy atom. The quantitative estimate of drug-likeness (QED) is 0.642. The summed E-state index contributed by atoms with van der Waals surface area (Å²) in [6.07, 6.45) is 2.91. The van der Waals surface area contributed by atoms with Crippen molar-refractivity contribution in [3.05, 3.63) is 71.0 Å². The highest BCUT2D eigenvalue weighted by Gasteiger charge is 2.24. The van der Waals surface area contributed by atoms with Crippen LogP contribution in [0, 0.1) is 0 Å². The second kappa shape index (κ2) is 8.49. The molecule has 2 aromatic carbocycles. The summed E-state index contributed by atoms with van der Waals surface area (Å²) in [5, 5.41) is 3.77. The van der Waals surface area contributed by atoms with Crippen molar-refractivity contribution in [2.24, 2.45) is 0 Å². The van der Waals surface area contributed by atoms with Crippen LogP contribution in [-0.2, 0) is 27.3 Å². The van der Waals surface area contributed by atoms with Crippen LogP contribution in [0.1, 0.15) is 46.1 Å². The van der Waals surface area contributed by atoms with Gasteiger partial charge in [-0.25, -0.2) is 4.79 Å². The Morgan fingerprint density at radius 3 is 2.79 bits per heavy atom. The monoisotopic (exact) mass is 393 g/mol. The first-order chi connectivity index (χ1) is 14.2. The lowest BCUT2D eigenvalue weighted by Crippen LogP contribution is -2.34. The van der Waals surface area contributed by atoms with Crippen molar-refractivity contribution in [2.75, 3.05) is 13.7 Å². The van der Waals surface area contributed by atoms with E-state index >= 15 is 0 Å². The van der Waals surface area contributed by atoms with Gasteiger partial charge in [-0.1, -0.05) is 42.5 Å². The summed E-state index contributed by atoms with van der Waals surface area (Å²) in [7, 11) is 1.55. The van der Waals surface area contributed by atoms with Crippen molar-refractivity contribution in [2.45, 2.75) is 31.9 Å². The van der Waals surface area contributed by atoms with Gasteiger partial charge in [0, 0.05) is 18.1 Å². The van der Waals surface area contributed by atoms with E-state index in [1.54, 1.807) is 13.2 Å². The van der Waals surface area contributed by atoms with E-state index in [9.17, 15) is 9.59 Å². The molecule has 0 unspecified atom stereocenters. The summed E-state index contributed by atoms with van der Waals surface area (Å²) in [5.74, 6) is -0.930. The van der Waals surface area contributed by atoms with Crippen molar-refractivity contribution in [1.29, 1.82) is 0 Å². The van der Waals surface area contributed by atoms with Crippen LogP contribution in [-0.4, -0.2) is 25.6 Å². The molecule has 1 amide bonds. The topological polar surface area (TPSA) is 77.8 Å². The van der Waals surface area contributed by atoms with Crippen LogP contribution in [0.2, 0.25) is 0 Å². The lowest BCUT2D eigenvalue weighted by atomic mass is 9.88. The third-order valence-corrected chi connectivity index (χ3v) is 5.21. The highest BCUT2D eigenvalue weighted by atomic mass is 16.5. The maximum Gasteiger partial charge on any atom is 0.375 e. The van der Waals surface area contributed by atoms with Crippen LogP contribution in [0.3, 0.4) is 0 Å². The standard InChI is InChI=1S/C23H23NO5/c1-27-13-18-17-10-4-5-12-20(17)29-22(18)23(26)28-14-21(25)24-19-11-6-8-15-7-2-3-9-16(15)19/h2-5,7,9-10,12,19H,6,8,11,13-14H2,1H3,(H,24,25)/t19-/m1/s1. The summed E-state index contributed by atoms with van der Waals surface area (Å²) in [5.41, 5.74) is 3.59. The van der Waals surface area contributed by atoms with E-state index in [-0.39, 0.29) is 30.9 Å². The Labute approximate surface area is 168 Å². The minimum absolute atomic E-state index is 0.0543. The van der Waals surface area contributed by atoms with Crippen LogP contribution >= 0.6 is 0 Å². The number of hydrogen-bond donors (Lipinski definition) is 1. The van der Waals surface area contributed by atoms with Crippen LogP contribution < -0.4 is 5.32 Å². The van der Waals surface area contributed by atoms with E-state index in [1.165, 1.54) is 5.56 Å². The molecule has 0 spiro atoms. The number of methoxy groups -OCH3 is 1. The lowest BCUT2D eigenvalue weighted by molar-refractivity contribution is -0.125. The molecule has 29 heavy (non-hydrogen) atoms. The van der Waals surface area contributed by atoms with E-state index in [0.29, 0.717) is 11.1 Å². The number of amides is 1. The number of para-hydroxylation sites is 1. The fourth-order valence-electron chi connectivity index (χ4n) is 3.89. The Hall–Kier alpha value is -3.12. The maximum atomic E-state index is 12.6. The fraction of sp³-hybridized carbons (Fsp3) is 0.304. The Morgan fingerprint density at radius 1 is 1.14 bits per heavy atom. The fourth-order valence-corrected chi connectivity index (χ4v) is 3.89. The molecular weight excluding hydrogens is 370 g/mol. The molecule has 150 valence electrons. The van der Waals surface area contributed by atoms with Gasteiger partial charge in [0.25, 0.3) is 5.91 Å². The number of nitrogens with one attached hydrogen (secondary N) is 1. The van der Waals surface area contributed by atoms with Crippen molar-refractivity contribution < 1.29 is 23.5 Å². The normalized spacial score (nSPS) is 15.7. The highest BCUT2D eigenvalue weighted by Crippen LogP contribution is 2.29. The third kappa shape index (κ3) is 4.03. The molecule has 1 atom stereocenters. The Balaban J connectivity index is 1.42. The van der Waals surface area contributed by atoms with Gasteiger partial charge in [-0.3, -0.25) is 4.79 Å². The van der Waals surface area contributed by atoms with E-state index in [1.807, 2.05) is 36.4 Å². The van der Waals surface area contributed by atoms with Crippen molar-refractivity contribution in [3.63, 3.8) is 0 Å². The molecule has 1 aliphatic rings. The van der Waals surface area contributed by atoms with Crippen LogP contribution in [0.15, 0.2) is 52.9 Å². The number of ether oxygens (including phenoxy) is 2. The Kier molecular flexibility index (Phi) is 5.62. The molecule has 0 saturated carbocycles. The zero-order valence-corrected chi connectivity index (χ0v) is 16.3. The number of furan rings is 1. The number of esters is 1. The Bertz CT molecular complexity index is 1040. The first kappa shape index (κ1) is 19.2. The molecule has 1 aliphatic carbocycles. The first-order valence-electron chi connectivity index (χ1n) is 9.71. The van der Waals surface area contributed by atoms with Crippen LogP contribution in [0.25, 0.3) is 11.0 Å². The van der Waals surface area contributed by atoms with Gasteiger partial charge >= 0.3 is 5.97 Å². The van der Waals surface area contributed by atoms with Gasteiger partial charge in [0.1, 0.15) is 5.58 Å². The molecule has 0 bridgehead atoms. The average molecular weight is 393 g/mol. The van der Waals surface area contributed by atoms with Gasteiger partial charge < -0.3 is 19.2 Å². The third-order valence-electron chi connectivity index (χ3n) is 5.21. The largest absolute Gasteiger partial charge is 0.450 e. The van der Waals surface area contributed by atoms with Crippen molar-refractivity contribution in [1.82, 2.24) is 5.32 Å². The number of aryl methyl sites for hydroxylation is 1. The number of rotatable bonds is 6. The van der Waals surface area contributed by atoms with E-state index in [2.05, 4.69) is 11.4 Å². The summed E-state index contributed by atoms with van der Waals surface area (Å²) >= 11 is 0. The van der Waals surface area contributed by atoms with Gasteiger partial charge in [0.15, 0.2) is 6.61 Å². The molecule has 3 aromatic rings. The van der Waals surface area contributed by atoms with E-state index in [0.717, 1.165) is 30.2 Å². The second-order valence-corrected chi connectivity index (χ2v) is 7.13. The SMILES string of the molecule is COCc1c(C(=O)OCC(=O)N[C@@H]2CCCc3ccccc32)oc2ccccc12. The minimum atomic E-state index is -0.674. The molecular formula is C23H23NO5. The molecule has 1 heterocycles. The summed E-state index contributed by atoms with van der Waals surface area (Å²) in [4.78, 5) is 24.9. The lowest BCUT2D eigenvalue weighted by Gasteiger charge is -2.26. The summed E-state index contributed by atoms with van der Waals surface area (Å²) in [6, 6.07) is 15.4. The predicted octanol–water partition coefficient (Wildman–Crippen LogP) is 3.93. The molecule has 0 radical (unpaired) electrons. The zero-order chi connectivity index (χ0) is 20.2.